The van der Waals surface area contributed by atoms with Crippen LogP contribution in [0.5, 0.6) is 11.5 Å². The molecular formula is C22H26N2O3. The maximum atomic E-state index is 12.9. The molecule has 2 aromatic carbocycles. The van der Waals surface area contributed by atoms with E-state index in [0.717, 1.165) is 31.7 Å². The van der Waals surface area contributed by atoms with Crippen molar-refractivity contribution in [2.24, 2.45) is 17.6 Å². The molecule has 2 fully saturated rings. The fourth-order valence-corrected chi connectivity index (χ4v) is 4.28. The van der Waals surface area contributed by atoms with Crippen molar-refractivity contribution in [3.8, 4) is 11.5 Å². The molecule has 1 aliphatic heterocycles. The second-order valence-electron chi connectivity index (χ2n) is 7.42. The number of carbonyl (C=O) groups is 1. The monoisotopic (exact) mass is 366 g/mol. The molecule has 0 aromatic heterocycles. The summed E-state index contributed by atoms with van der Waals surface area (Å²) in [4.78, 5) is 14.9. The van der Waals surface area contributed by atoms with Gasteiger partial charge in [-0.05, 0) is 55.0 Å². The SMILES string of the molecule is NCCOc1cccc(C(=O)N2C[C@H]3CC(Oc4ccccc4)C[C@H]3C2)c1. The Balaban J connectivity index is 1.34. The third kappa shape index (κ3) is 4.08. The minimum absolute atomic E-state index is 0.0862. The molecule has 5 heteroatoms. The summed E-state index contributed by atoms with van der Waals surface area (Å²) in [5, 5.41) is 0. The fraction of sp³-hybridized carbons (Fsp3) is 0.409. The first-order valence-corrected chi connectivity index (χ1v) is 9.67. The molecule has 1 saturated carbocycles. The summed E-state index contributed by atoms with van der Waals surface area (Å²) in [7, 11) is 0. The number of amides is 1. The van der Waals surface area contributed by atoms with Crippen molar-refractivity contribution in [2.45, 2.75) is 18.9 Å². The van der Waals surface area contributed by atoms with E-state index in [4.69, 9.17) is 15.2 Å². The highest BCUT2D eigenvalue weighted by molar-refractivity contribution is 5.94. The largest absolute Gasteiger partial charge is 0.492 e. The number of hydrogen-bond acceptors (Lipinski definition) is 4. The first-order chi connectivity index (χ1) is 13.2. The summed E-state index contributed by atoms with van der Waals surface area (Å²) >= 11 is 0. The number of nitrogens with zero attached hydrogens (tertiary/aromatic N) is 1. The van der Waals surface area contributed by atoms with Crippen molar-refractivity contribution < 1.29 is 14.3 Å². The van der Waals surface area contributed by atoms with Gasteiger partial charge in [-0.25, -0.2) is 0 Å². The molecular weight excluding hydrogens is 340 g/mol. The number of carbonyl (C=O) groups excluding carboxylic acids is 1. The van der Waals surface area contributed by atoms with E-state index in [1.54, 1.807) is 0 Å². The van der Waals surface area contributed by atoms with Gasteiger partial charge < -0.3 is 20.1 Å². The van der Waals surface area contributed by atoms with Gasteiger partial charge in [0.25, 0.3) is 5.91 Å². The molecule has 27 heavy (non-hydrogen) atoms. The van der Waals surface area contributed by atoms with Crippen molar-refractivity contribution in [1.82, 2.24) is 4.90 Å². The Kier molecular flexibility index (Phi) is 5.30. The number of nitrogens with two attached hydrogens (primary N) is 1. The second kappa shape index (κ2) is 8.01. The van der Waals surface area contributed by atoms with Gasteiger partial charge in [-0.2, -0.15) is 0 Å². The summed E-state index contributed by atoms with van der Waals surface area (Å²) < 4.78 is 11.7. The van der Waals surface area contributed by atoms with Crippen molar-refractivity contribution >= 4 is 5.91 Å². The van der Waals surface area contributed by atoms with Crippen LogP contribution in [0.25, 0.3) is 0 Å². The van der Waals surface area contributed by atoms with E-state index in [1.807, 2.05) is 59.5 Å². The van der Waals surface area contributed by atoms with E-state index in [-0.39, 0.29) is 12.0 Å². The van der Waals surface area contributed by atoms with Crippen molar-refractivity contribution in [2.75, 3.05) is 26.2 Å². The Morgan fingerprint density at radius 3 is 2.41 bits per heavy atom. The van der Waals surface area contributed by atoms with Gasteiger partial charge in [0.05, 0.1) is 6.10 Å². The first kappa shape index (κ1) is 17.9. The van der Waals surface area contributed by atoms with Crippen LogP contribution in [0.15, 0.2) is 54.6 Å². The van der Waals surface area contributed by atoms with Crippen LogP contribution in [-0.2, 0) is 0 Å². The van der Waals surface area contributed by atoms with Crippen LogP contribution >= 0.6 is 0 Å². The van der Waals surface area contributed by atoms with E-state index in [2.05, 4.69) is 0 Å². The normalized spacial score (nSPS) is 23.9. The molecule has 4 rings (SSSR count). The van der Waals surface area contributed by atoms with Gasteiger partial charge in [0.1, 0.15) is 18.1 Å². The lowest BCUT2D eigenvalue weighted by Crippen LogP contribution is -2.30. The highest BCUT2D eigenvalue weighted by Gasteiger charge is 2.43. The van der Waals surface area contributed by atoms with E-state index in [1.165, 1.54) is 0 Å². The topological polar surface area (TPSA) is 64.8 Å². The van der Waals surface area contributed by atoms with Gasteiger partial charge in [-0.3, -0.25) is 4.79 Å². The summed E-state index contributed by atoms with van der Waals surface area (Å²) in [5.74, 6) is 2.77. The lowest BCUT2D eigenvalue weighted by Gasteiger charge is -2.20. The Hall–Kier alpha value is -2.53. The Morgan fingerprint density at radius 1 is 1.00 bits per heavy atom. The number of benzene rings is 2. The molecule has 142 valence electrons. The average Bonchev–Trinajstić information content (AvgIpc) is 3.25. The number of hydrogen-bond donors (Lipinski definition) is 1. The highest BCUT2D eigenvalue weighted by Crippen LogP contribution is 2.40. The number of rotatable bonds is 6. The second-order valence-corrected chi connectivity index (χ2v) is 7.42. The Labute approximate surface area is 160 Å². The number of para-hydroxylation sites is 1. The predicted molar refractivity (Wildman–Crippen MR) is 104 cm³/mol. The zero-order valence-corrected chi connectivity index (χ0v) is 15.4. The summed E-state index contributed by atoms with van der Waals surface area (Å²) in [6.07, 6.45) is 2.29. The van der Waals surface area contributed by atoms with Gasteiger partial charge in [-0.15, -0.1) is 0 Å². The Morgan fingerprint density at radius 2 is 1.70 bits per heavy atom. The van der Waals surface area contributed by atoms with E-state index < -0.39 is 0 Å². The third-order valence-electron chi connectivity index (χ3n) is 5.51. The van der Waals surface area contributed by atoms with Crippen LogP contribution in [-0.4, -0.2) is 43.2 Å². The van der Waals surface area contributed by atoms with Crippen LogP contribution < -0.4 is 15.2 Å². The molecule has 1 unspecified atom stereocenters. The minimum atomic E-state index is 0.0862. The maximum absolute atomic E-state index is 12.9. The molecule has 0 spiro atoms. The number of fused-ring (bicyclic) bond motifs is 1. The zero-order chi connectivity index (χ0) is 18.6. The van der Waals surface area contributed by atoms with Crippen molar-refractivity contribution in [3.63, 3.8) is 0 Å². The predicted octanol–water partition coefficient (Wildman–Crippen LogP) is 2.95. The van der Waals surface area contributed by atoms with Gasteiger partial charge in [0.15, 0.2) is 0 Å². The van der Waals surface area contributed by atoms with Crippen LogP contribution in [0.3, 0.4) is 0 Å². The van der Waals surface area contributed by atoms with Gasteiger partial charge >= 0.3 is 0 Å². The summed E-state index contributed by atoms with van der Waals surface area (Å²) in [5.41, 5.74) is 6.16. The maximum Gasteiger partial charge on any atom is 0.254 e. The molecule has 3 atom stereocenters. The standard InChI is InChI=1S/C22H26N2O3/c23-9-10-26-20-8-4-5-16(11-20)22(25)24-14-17-12-21(13-18(17)15-24)27-19-6-2-1-3-7-19/h1-8,11,17-18,21H,9-10,12-15,23H2/t17-,18+,21?. The molecule has 2 N–H and O–H groups in total. The first-order valence-electron chi connectivity index (χ1n) is 9.67. The molecule has 2 aliphatic rings. The van der Waals surface area contributed by atoms with Gasteiger partial charge in [0, 0.05) is 25.2 Å². The molecule has 1 saturated heterocycles. The van der Waals surface area contributed by atoms with E-state index in [9.17, 15) is 4.79 Å². The molecule has 1 heterocycles. The van der Waals surface area contributed by atoms with Gasteiger partial charge in [-0.1, -0.05) is 24.3 Å². The summed E-state index contributed by atoms with van der Waals surface area (Å²) in [6.45, 7) is 2.53. The average molecular weight is 366 g/mol. The molecule has 1 aliphatic carbocycles. The Bertz CT molecular complexity index is 766. The molecule has 5 nitrogen and oxygen atoms in total. The quantitative estimate of drug-likeness (QED) is 0.854. The van der Waals surface area contributed by atoms with E-state index >= 15 is 0 Å². The third-order valence-corrected chi connectivity index (χ3v) is 5.51. The number of likely N-dealkylation sites (tertiary alicyclic amines) is 1. The molecule has 2 aromatic rings. The molecule has 0 bridgehead atoms. The van der Waals surface area contributed by atoms with Crippen LogP contribution in [0.4, 0.5) is 0 Å². The van der Waals surface area contributed by atoms with Crippen LogP contribution in [0.1, 0.15) is 23.2 Å². The van der Waals surface area contributed by atoms with Crippen molar-refractivity contribution in [3.05, 3.63) is 60.2 Å². The van der Waals surface area contributed by atoms with Crippen molar-refractivity contribution in [1.29, 1.82) is 0 Å². The molecule has 1 amide bonds. The smallest absolute Gasteiger partial charge is 0.254 e. The fourth-order valence-electron chi connectivity index (χ4n) is 4.28. The van der Waals surface area contributed by atoms with Gasteiger partial charge in [0.2, 0.25) is 0 Å². The zero-order valence-electron chi connectivity index (χ0n) is 15.4. The molecule has 0 radical (unpaired) electrons. The summed E-state index contributed by atoms with van der Waals surface area (Å²) in [6, 6.07) is 17.4. The lowest BCUT2D eigenvalue weighted by atomic mass is 10.0. The van der Waals surface area contributed by atoms with Crippen LogP contribution in [0, 0.1) is 11.8 Å². The lowest BCUT2D eigenvalue weighted by molar-refractivity contribution is 0.0769. The minimum Gasteiger partial charge on any atom is -0.492 e. The van der Waals surface area contributed by atoms with E-state index in [0.29, 0.717) is 36.3 Å². The highest BCUT2D eigenvalue weighted by atomic mass is 16.5. The number of ether oxygens (including phenoxy) is 2. The van der Waals surface area contributed by atoms with Crippen LogP contribution in [0.2, 0.25) is 0 Å².